The number of phenols is 1. The molecule has 3 rings (SSSR count). The molecule has 8 heteroatoms. The van der Waals surface area contributed by atoms with Crippen molar-refractivity contribution in [2.45, 2.75) is 71.8 Å². The number of pyridine rings is 1. The number of Topliss-reactive ketones (excluding diaryl/α,β-unsaturated/α-hetero) is 1. The molecule has 0 aliphatic heterocycles. The van der Waals surface area contributed by atoms with E-state index >= 15 is 0 Å². The van der Waals surface area contributed by atoms with Crippen molar-refractivity contribution in [1.29, 1.82) is 0 Å². The molecule has 0 atom stereocenters. The topological polar surface area (TPSA) is 103 Å². The molecule has 8 nitrogen and oxygen atoms in total. The fraction of sp³-hybridized carbons (Fsp3) is 0.480. The summed E-state index contributed by atoms with van der Waals surface area (Å²) in [5.74, 6) is 1.29. The second-order valence-corrected chi connectivity index (χ2v) is 8.17. The van der Waals surface area contributed by atoms with Crippen molar-refractivity contribution >= 4 is 5.78 Å². The highest BCUT2D eigenvalue weighted by molar-refractivity contribution is 5.97. The average molecular weight is 452 g/mol. The maximum Gasteiger partial charge on any atom is 0.174 e. The molecule has 2 aromatic heterocycles. The number of aromatic hydroxyl groups is 1. The molecule has 0 spiro atoms. The maximum atomic E-state index is 11.7. The minimum atomic E-state index is -0.148. The van der Waals surface area contributed by atoms with Gasteiger partial charge in [0.1, 0.15) is 11.5 Å². The van der Waals surface area contributed by atoms with Gasteiger partial charge >= 0.3 is 0 Å². The summed E-state index contributed by atoms with van der Waals surface area (Å²) in [6.07, 6.45) is 10.7. The molecule has 2 heterocycles. The number of nitrogens with zero attached hydrogens (tertiary/aromatic N) is 5. The van der Waals surface area contributed by atoms with Crippen LogP contribution in [0.25, 0.3) is 0 Å². The number of carbonyl (C=O) groups excluding carboxylic acids is 1. The van der Waals surface area contributed by atoms with Crippen molar-refractivity contribution in [2.24, 2.45) is 0 Å². The number of unbranched alkanes of at least 4 members (excludes halogenated alkanes) is 2. The molecule has 1 aromatic carbocycles. The van der Waals surface area contributed by atoms with Gasteiger partial charge in [-0.05, 0) is 74.4 Å². The highest BCUT2D eigenvalue weighted by atomic mass is 16.5. The average Bonchev–Trinajstić information content (AvgIpc) is 3.26. The molecule has 1 N–H and O–H groups in total. The second-order valence-electron chi connectivity index (χ2n) is 8.17. The molecule has 3 aromatic rings. The first-order valence-corrected chi connectivity index (χ1v) is 11.7. The van der Waals surface area contributed by atoms with E-state index in [2.05, 4.69) is 26.5 Å². The van der Waals surface area contributed by atoms with Crippen LogP contribution in [-0.2, 0) is 25.8 Å². The Morgan fingerprint density at radius 2 is 1.94 bits per heavy atom. The Labute approximate surface area is 195 Å². The van der Waals surface area contributed by atoms with E-state index in [0.717, 1.165) is 57.3 Å². The number of ketones is 1. The molecular weight excluding hydrogens is 418 g/mol. The number of phenolic OH excluding ortho intramolecular Hbond substituents is 1. The first kappa shape index (κ1) is 24.4. The molecular formula is C25H33N5O3. The van der Waals surface area contributed by atoms with E-state index in [1.807, 2.05) is 19.2 Å². The highest BCUT2D eigenvalue weighted by Gasteiger charge is 2.15. The van der Waals surface area contributed by atoms with Gasteiger partial charge in [-0.2, -0.15) is 4.80 Å². The molecule has 0 amide bonds. The van der Waals surface area contributed by atoms with Gasteiger partial charge in [0.2, 0.25) is 0 Å². The van der Waals surface area contributed by atoms with Crippen LogP contribution in [0.4, 0.5) is 0 Å². The number of benzene rings is 1. The maximum absolute atomic E-state index is 11.7. The van der Waals surface area contributed by atoms with Gasteiger partial charge < -0.3 is 9.84 Å². The van der Waals surface area contributed by atoms with Gasteiger partial charge in [-0.1, -0.05) is 19.4 Å². The monoisotopic (exact) mass is 451 g/mol. The van der Waals surface area contributed by atoms with Crippen molar-refractivity contribution in [3.8, 4) is 11.5 Å². The highest BCUT2D eigenvalue weighted by Crippen LogP contribution is 2.33. The summed E-state index contributed by atoms with van der Waals surface area (Å²) in [6.45, 7) is 4.77. The van der Waals surface area contributed by atoms with E-state index in [-0.39, 0.29) is 11.5 Å². The first-order chi connectivity index (χ1) is 16.1. The van der Waals surface area contributed by atoms with Crippen LogP contribution >= 0.6 is 0 Å². The van der Waals surface area contributed by atoms with Gasteiger partial charge in [0.25, 0.3) is 0 Å². The van der Waals surface area contributed by atoms with Gasteiger partial charge in [0, 0.05) is 24.4 Å². The van der Waals surface area contributed by atoms with Crippen LogP contribution < -0.4 is 4.74 Å². The SMILES string of the molecule is CCCc1c(OCCCCc2nnn(CCCCc3cccnc3)n2)ccc(C(C)=O)c1O. The molecule has 0 saturated heterocycles. The predicted molar refractivity (Wildman–Crippen MR) is 126 cm³/mol. The molecule has 176 valence electrons. The van der Waals surface area contributed by atoms with Crippen LogP contribution in [0.1, 0.15) is 73.3 Å². The fourth-order valence-electron chi connectivity index (χ4n) is 3.70. The van der Waals surface area contributed by atoms with Crippen molar-refractivity contribution in [2.75, 3.05) is 6.61 Å². The fourth-order valence-corrected chi connectivity index (χ4v) is 3.70. The van der Waals surface area contributed by atoms with E-state index in [4.69, 9.17) is 4.74 Å². The summed E-state index contributed by atoms with van der Waals surface area (Å²) in [4.78, 5) is 17.5. The normalized spacial score (nSPS) is 11.0. The van der Waals surface area contributed by atoms with Crippen molar-refractivity contribution < 1.29 is 14.6 Å². The van der Waals surface area contributed by atoms with Crippen LogP contribution in [0, 0.1) is 0 Å². The van der Waals surface area contributed by atoms with Gasteiger partial charge in [-0.3, -0.25) is 9.78 Å². The van der Waals surface area contributed by atoms with Crippen LogP contribution in [0.15, 0.2) is 36.7 Å². The van der Waals surface area contributed by atoms with Crippen LogP contribution in [0.3, 0.4) is 0 Å². The molecule has 33 heavy (non-hydrogen) atoms. The Balaban J connectivity index is 1.37. The number of hydrogen-bond acceptors (Lipinski definition) is 7. The summed E-state index contributed by atoms with van der Waals surface area (Å²) in [7, 11) is 0. The Morgan fingerprint density at radius 1 is 1.09 bits per heavy atom. The standard InChI is InChI=1S/C25H33N5O3/c1-3-9-22-23(14-13-21(19(2)31)25(22)32)33-17-7-5-12-24-27-29-30(28-24)16-6-4-10-20-11-8-15-26-18-20/h8,11,13-15,18,32H,3-7,9-10,12,16-17H2,1-2H3. The van der Waals surface area contributed by atoms with Gasteiger partial charge in [0.15, 0.2) is 11.6 Å². The molecule has 0 saturated carbocycles. The lowest BCUT2D eigenvalue weighted by molar-refractivity contribution is 0.101. The summed E-state index contributed by atoms with van der Waals surface area (Å²) in [6, 6.07) is 7.47. The van der Waals surface area contributed by atoms with Gasteiger partial charge in [-0.15, -0.1) is 10.2 Å². The van der Waals surface area contributed by atoms with E-state index in [1.54, 1.807) is 23.1 Å². The van der Waals surface area contributed by atoms with Crippen LogP contribution in [0.5, 0.6) is 11.5 Å². The summed E-state index contributed by atoms with van der Waals surface area (Å²) in [5, 5.41) is 23.2. The lowest BCUT2D eigenvalue weighted by atomic mass is 10.0. The van der Waals surface area contributed by atoms with Crippen molar-refractivity contribution in [3.05, 3.63) is 59.2 Å². The van der Waals surface area contributed by atoms with Gasteiger partial charge in [-0.25, -0.2) is 0 Å². The van der Waals surface area contributed by atoms with Crippen LogP contribution in [-0.4, -0.2) is 42.7 Å². The Kier molecular flexibility index (Phi) is 9.35. The minimum Gasteiger partial charge on any atom is -0.507 e. The molecule has 0 bridgehead atoms. The van der Waals surface area contributed by atoms with Crippen LogP contribution in [0.2, 0.25) is 0 Å². The third-order valence-corrected chi connectivity index (χ3v) is 5.46. The smallest absolute Gasteiger partial charge is 0.174 e. The Morgan fingerprint density at radius 3 is 2.70 bits per heavy atom. The van der Waals surface area contributed by atoms with Crippen molar-refractivity contribution in [3.63, 3.8) is 0 Å². The molecule has 0 aliphatic carbocycles. The van der Waals surface area contributed by atoms with E-state index in [0.29, 0.717) is 29.9 Å². The zero-order valence-corrected chi connectivity index (χ0v) is 19.5. The Hall–Kier alpha value is -3.29. The third kappa shape index (κ3) is 7.37. The molecule has 0 radical (unpaired) electrons. The number of tetrazole rings is 1. The second kappa shape index (κ2) is 12.7. The zero-order valence-electron chi connectivity index (χ0n) is 19.5. The number of aryl methyl sites for hydroxylation is 3. The van der Waals surface area contributed by atoms with E-state index in [1.165, 1.54) is 12.5 Å². The number of rotatable bonds is 14. The quantitative estimate of drug-likeness (QED) is 0.287. The Bertz CT molecular complexity index is 1020. The third-order valence-electron chi connectivity index (χ3n) is 5.46. The van der Waals surface area contributed by atoms with E-state index < -0.39 is 0 Å². The lowest BCUT2D eigenvalue weighted by Crippen LogP contribution is -2.05. The van der Waals surface area contributed by atoms with E-state index in [9.17, 15) is 9.90 Å². The zero-order chi connectivity index (χ0) is 23.5. The molecule has 0 aliphatic rings. The summed E-state index contributed by atoms with van der Waals surface area (Å²) in [5.41, 5.74) is 2.30. The number of aromatic nitrogens is 5. The molecule has 0 unspecified atom stereocenters. The summed E-state index contributed by atoms with van der Waals surface area (Å²) >= 11 is 0. The largest absolute Gasteiger partial charge is 0.507 e. The van der Waals surface area contributed by atoms with Gasteiger partial charge in [0.05, 0.1) is 18.7 Å². The number of carbonyl (C=O) groups is 1. The number of ether oxygens (including phenoxy) is 1. The van der Waals surface area contributed by atoms with Crippen molar-refractivity contribution in [1.82, 2.24) is 25.2 Å². The summed E-state index contributed by atoms with van der Waals surface area (Å²) < 4.78 is 5.91. The lowest BCUT2D eigenvalue weighted by Gasteiger charge is -2.14. The first-order valence-electron chi connectivity index (χ1n) is 11.7. The predicted octanol–water partition coefficient (Wildman–Crippen LogP) is 4.35. The molecule has 0 fully saturated rings. The number of hydrogen-bond donors (Lipinski definition) is 1. The minimum absolute atomic E-state index is 0.0445.